The number of nitrogen functional groups attached to an aromatic ring is 2. The van der Waals surface area contributed by atoms with Crippen LogP contribution in [0, 0.1) is 0 Å². The number of pyridine rings is 1. The Morgan fingerprint density at radius 2 is 1.68 bits per heavy atom. The van der Waals surface area contributed by atoms with E-state index in [2.05, 4.69) is 21.7 Å². The van der Waals surface area contributed by atoms with E-state index in [1.165, 1.54) is 0 Å². The molecule has 8 heteroatoms. The number of hydrogen-bond acceptors (Lipinski definition) is 5. The van der Waals surface area contributed by atoms with Crippen molar-refractivity contribution in [1.29, 1.82) is 0 Å². The predicted octanol–water partition coefficient (Wildman–Crippen LogP) is 1.65. The Kier molecular flexibility index (Phi) is 10.1. The Balaban J connectivity index is 0. The summed E-state index contributed by atoms with van der Waals surface area (Å²) in [4.78, 5) is 8.95. The van der Waals surface area contributed by atoms with E-state index < -0.39 is 0 Å². The van der Waals surface area contributed by atoms with Crippen molar-refractivity contribution >= 4 is 54.4 Å². The topological polar surface area (TPSA) is 71.4 Å². The first-order chi connectivity index (χ1) is 7.70. The fourth-order valence-electron chi connectivity index (χ4n) is 2.03. The van der Waals surface area contributed by atoms with Crippen molar-refractivity contribution in [2.45, 2.75) is 6.92 Å². The van der Waals surface area contributed by atoms with E-state index in [0.717, 1.165) is 38.5 Å². The van der Waals surface area contributed by atoms with Crippen molar-refractivity contribution in [2.75, 3.05) is 49.1 Å². The van der Waals surface area contributed by atoms with Crippen LogP contribution in [0.2, 0.25) is 0 Å². The Morgan fingerprint density at radius 3 is 2.16 bits per heavy atom. The molecule has 0 radical (unpaired) electrons. The number of hydrogen-bond donors (Lipinski definition) is 2. The molecule has 1 fully saturated rings. The molecule has 0 bridgehead atoms. The SMILES string of the molecule is CCN1CCN(c2ncc(N)cc2N)CC1.Cl.Cl.Cl. The number of piperazine rings is 1. The van der Waals surface area contributed by atoms with Crippen LogP contribution in [0.4, 0.5) is 17.2 Å². The molecule has 1 aliphatic heterocycles. The summed E-state index contributed by atoms with van der Waals surface area (Å²) in [6, 6.07) is 1.77. The lowest BCUT2D eigenvalue weighted by atomic mass is 10.2. The summed E-state index contributed by atoms with van der Waals surface area (Å²) >= 11 is 0. The molecule has 0 saturated carbocycles. The lowest BCUT2D eigenvalue weighted by molar-refractivity contribution is 0.270. The van der Waals surface area contributed by atoms with Gasteiger partial charge in [0.15, 0.2) is 5.82 Å². The molecule has 19 heavy (non-hydrogen) atoms. The molecule has 1 aliphatic rings. The van der Waals surface area contributed by atoms with Crippen molar-refractivity contribution in [2.24, 2.45) is 0 Å². The summed E-state index contributed by atoms with van der Waals surface area (Å²) in [5, 5.41) is 0. The molecule has 0 spiro atoms. The first-order valence-electron chi connectivity index (χ1n) is 5.69. The van der Waals surface area contributed by atoms with E-state index in [-0.39, 0.29) is 37.2 Å². The number of halogens is 3. The average Bonchev–Trinajstić information content (AvgIpc) is 2.29. The largest absolute Gasteiger partial charge is 0.397 e. The molecule has 112 valence electrons. The highest BCUT2D eigenvalue weighted by Gasteiger charge is 2.18. The Labute approximate surface area is 132 Å². The minimum absolute atomic E-state index is 0. The summed E-state index contributed by atoms with van der Waals surface area (Å²) in [7, 11) is 0. The van der Waals surface area contributed by atoms with Gasteiger partial charge in [-0.3, -0.25) is 0 Å². The van der Waals surface area contributed by atoms with Gasteiger partial charge in [0.1, 0.15) is 0 Å². The van der Waals surface area contributed by atoms with Gasteiger partial charge in [0.2, 0.25) is 0 Å². The zero-order valence-electron chi connectivity index (χ0n) is 10.9. The van der Waals surface area contributed by atoms with Gasteiger partial charge >= 0.3 is 0 Å². The van der Waals surface area contributed by atoms with Gasteiger partial charge in [0.25, 0.3) is 0 Å². The lowest BCUT2D eigenvalue weighted by Crippen LogP contribution is -2.46. The monoisotopic (exact) mass is 329 g/mol. The molecule has 1 saturated heterocycles. The van der Waals surface area contributed by atoms with Crippen LogP contribution < -0.4 is 16.4 Å². The third-order valence-corrected chi connectivity index (χ3v) is 3.04. The van der Waals surface area contributed by atoms with Gasteiger partial charge in [-0.1, -0.05) is 6.92 Å². The maximum atomic E-state index is 5.92. The number of nitrogens with zero attached hydrogens (tertiary/aromatic N) is 3. The van der Waals surface area contributed by atoms with Crippen LogP contribution >= 0.6 is 37.2 Å². The number of rotatable bonds is 2. The summed E-state index contributed by atoms with van der Waals surface area (Å²) in [5.41, 5.74) is 12.8. The number of aromatic nitrogens is 1. The first kappa shape index (κ1) is 20.7. The summed E-state index contributed by atoms with van der Waals surface area (Å²) < 4.78 is 0. The Bertz CT molecular complexity index is 369. The number of nitrogens with two attached hydrogens (primary N) is 2. The minimum atomic E-state index is 0. The van der Waals surface area contributed by atoms with Gasteiger partial charge in [-0.15, -0.1) is 37.2 Å². The lowest BCUT2D eigenvalue weighted by Gasteiger charge is -2.35. The quantitative estimate of drug-likeness (QED) is 0.863. The van der Waals surface area contributed by atoms with Gasteiger partial charge in [-0.25, -0.2) is 4.98 Å². The summed E-state index contributed by atoms with van der Waals surface area (Å²) in [6.45, 7) is 7.40. The number of anilines is 3. The van der Waals surface area contributed by atoms with Gasteiger partial charge < -0.3 is 21.3 Å². The van der Waals surface area contributed by atoms with Crippen LogP contribution in [0.1, 0.15) is 6.92 Å². The molecule has 0 aromatic carbocycles. The van der Waals surface area contributed by atoms with Crippen LogP contribution in [-0.2, 0) is 0 Å². The standard InChI is InChI=1S/C11H19N5.3ClH/c1-2-15-3-5-16(6-4-15)11-10(13)7-9(12)8-14-11;;;/h7-8H,2-6,12-13H2,1H3;3*1H. The molecule has 1 aromatic rings. The second-order valence-corrected chi connectivity index (χ2v) is 4.10. The molecule has 5 nitrogen and oxygen atoms in total. The van der Waals surface area contributed by atoms with Crippen LogP contribution in [-0.4, -0.2) is 42.6 Å². The van der Waals surface area contributed by atoms with Crippen molar-refractivity contribution in [3.05, 3.63) is 12.3 Å². The van der Waals surface area contributed by atoms with E-state index in [0.29, 0.717) is 11.4 Å². The smallest absolute Gasteiger partial charge is 0.152 e. The van der Waals surface area contributed by atoms with Crippen LogP contribution in [0.25, 0.3) is 0 Å². The number of likely N-dealkylation sites (N-methyl/N-ethyl adjacent to an activating group) is 1. The van der Waals surface area contributed by atoms with Crippen LogP contribution in [0.15, 0.2) is 12.3 Å². The van der Waals surface area contributed by atoms with Gasteiger partial charge in [-0.2, -0.15) is 0 Å². The molecular formula is C11H22Cl3N5. The molecule has 0 atom stereocenters. The molecule has 0 unspecified atom stereocenters. The Morgan fingerprint density at radius 1 is 1.11 bits per heavy atom. The highest BCUT2D eigenvalue weighted by Crippen LogP contribution is 2.22. The van der Waals surface area contributed by atoms with Gasteiger partial charge in [-0.05, 0) is 12.6 Å². The van der Waals surface area contributed by atoms with Gasteiger partial charge in [0.05, 0.1) is 17.6 Å². The van der Waals surface area contributed by atoms with Crippen molar-refractivity contribution in [1.82, 2.24) is 9.88 Å². The first-order valence-corrected chi connectivity index (χ1v) is 5.69. The summed E-state index contributed by atoms with van der Waals surface area (Å²) in [5.74, 6) is 0.866. The highest BCUT2D eigenvalue weighted by molar-refractivity contribution is 5.86. The fraction of sp³-hybridized carbons (Fsp3) is 0.545. The molecule has 1 aromatic heterocycles. The molecule has 0 aliphatic carbocycles. The van der Waals surface area contributed by atoms with Gasteiger partial charge in [0, 0.05) is 26.2 Å². The molecule has 4 N–H and O–H groups in total. The average molecular weight is 331 g/mol. The predicted molar refractivity (Wildman–Crippen MR) is 89.1 cm³/mol. The van der Waals surface area contributed by atoms with E-state index in [9.17, 15) is 0 Å². The molecular weight excluding hydrogens is 309 g/mol. The van der Waals surface area contributed by atoms with Crippen molar-refractivity contribution < 1.29 is 0 Å². The highest BCUT2D eigenvalue weighted by atomic mass is 35.5. The zero-order valence-corrected chi connectivity index (χ0v) is 13.4. The van der Waals surface area contributed by atoms with Crippen molar-refractivity contribution in [3.8, 4) is 0 Å². The second kappa shape index (κ2) is 9.31. The van der Waals surface area contributed by atoms with E-state index >= 15 is 0 Å². The zero-order chi connectivity index (χ0) is 11.5. The van der Waals surface area contributed by atoms with E-state index in [4.69, 9.17) is 11.5 Å². The maximum absolute atomic E-state index is 5.92. The van der Waals surface area contributed by atoms with E-state index in [1.807, 2.05) is 0 Å². The normalized spacial score (nSPS) is 14.9. The second-order valence-electron chi connectivity index (χ2n) is 4.10. The van der Waals surface area contributed by atoms with Crippen molar-refractivity contribution in [3.63, 3.8) is 0 Å². The third kappa shape index (κ3) is 5.10. The van der Waals surface area contributed by atoms with E-state index in [1.54, 1.807) is 12.3 Å². The van der Waals surface area contributed by atoms with Crippen LogP contribution in [0.5, 0.6) is 0 Å². The minimum Gasteiger partial charge on any atom is -0.397 e. The fourth-order valence-corrected chi connectivity index (χ4v) is 2.03. The third-order valence-electron chi connectivity index (χ3n) is 3.04. The Hall–Kier alpha value is -0.620. The summed E-state index contributed by atoms with van der Waals surface area (Å²) in [6.07, 6.45) is 1.66. The van der Waals surface area contributed by atoms with Crippen LogP contribution in [0.3, 0.4) is 0 Å². The maximum Gasteiger partial charge on any atom is 0.152 e. The molecule has 2 rings (SSSR count). The molecule has 2 heterocycles. The molecule has 0 amide bonds.